The Morgan fingerprint density at radius 3 is 2.76 bits per heavy atom. The fourth-order valence-electron chi connectivity index (χ4n) is 2.93. The molecule has 0 aliphatic heterocycles. The maximum Gasteiger partial charge on any atom is 0.303 e. The van der Waals surface area contributed by atoms with Gasteiger partial charge >= 0.3 is 5.97 Å². The zero-order valence-electron chi connectivity index (χ0n) is 12.1. The monoisotopic (exact) mass is 281 g/mol. The average Bonchev–Trinajstić information content (AvgIpc) is 2.82. The van der Waals surface area contributed by atoms with Gasteiger partial charge < -0.3 is 10.4 Å². The first-order chi connectivity index (χ1) is 10.1. The van der Waals surface area contributed by atoms with Crippen molar-refractivity contribution in [1.29, 1.82) is 0 Å². The molecule has 0 aromatic heterocycles. The molecule has 0 saturated heterocycles. The van der Waals surface area contributed by atoms with Gasteiger partial charge in [-0.1, -0.05) is 30.3 Å². The summed E-state index contributed by atoms with van der Waals surface area (Å²) in [5.74, 6) is -0.743. The lowest BCUT2D eigenvalue weighted by molar-refractivity contribution is -0.137. The number of aliphatic carboxylic acids is 1. The van der Waals surface area contributed by atoms with Crippen molar-refractivity contribution in [2.75, 3.05) is 5.32 Å². The highest BCUT2D eigenvalue weighted by Crippen LogP contribution is 2.37. The molecule has 0 amide bonds. The number of nitrogens with one attached hydrogen (secondary N) is 1. The number of anilines is 1. The maximum absolute atomic E-state index is 10.6. The van der Waals surface area contributed by atoms with Crippen LogP contribution in [0.15, 0.2) is 42.5 Å². The molecule has 1 aliphatic carbocycles. The second-order valence-corrected chi connectivity index (χ2v) is 5.68. The van der Waals surface area contributed by atoms with Crippen LogP contribution in [0.5, 0.6) is 0 Å². The Kier molecular flexibility index (Phi) is 3.65. The third-order valence-electron chi connectivity index (χ3n) is 4.00. The van der Waals surface area contributed by atoms with E-state index in [9.17, 15) is 4.79 Å². The number of benzene rings is 2. The fourth-order valence-corrected chi connectivity index (χ4v) is 2.93. The van der Waals surface area contributed by atoms with Crippen LogP contribution in [0.3, 0.4) is 0 Å². The largest absolute Gasteiger partial charge is 0.481 e. The highest BCUT2D eigenvalue weighted by atomic mass is 16.4. The zero-order chi connectivity index (χ0) is 14.8. The van der Waals surface area contributed by atoms with E-state index < -0.39 is 5.97 Å². The molecule has 3 rings (SSSR count). The van der Waals surface area contributed by atoms with E-state index in [0.29, 0.717) is 6.42 Å². The van der Waals surface area contributed by atoms with Gasteiger partial charge in [-0.05, 0) is 54.2 Å². The van der Waals surface area contributed by atoms with E-state index in [-0.39, 0.29) is 12.5 Å². The topological polar surface area (TPSA) is 49.3 Å². The van der Waals surface area contributed by atoms with Gasteiger partial charge in [-0.25, -0.2) is 0 Å². The van der Waals surface area contributed by atoms with Crippen molar-refractivity contribution >= 4 is 11.7 Å². The molecule has 2 aromatic rings. The predicted octanol–water partition coefficient (Wildman–Crippen LogP) is 3.92. The number of carboxylic acid groups (broad SMARTS) is 1. The van der Waals surface area contributed by atoms with E-state index in [1.165, 1.54) is 22.3 Å². The highest BCUT2D eigenvalue weighted by Gasteiger charge is 2.18. The molecule has 0 bridgehead atoms. The summed E-state index contributed by atoms with van der Waals surface area (Å²) < 4.78 is 0. The Morgan fingerprint density at radius 1 is 1.19 bits per heavy atom. The van der Waals surface area contributed by atoms with Crippen LogP contribution < -0.4 is 5.32 Å². The minimum Gasteiger partial charge on any atom is -0.481 e. The molecule has 1 aliphatic rings. The predicted molar refractivity (Wildman–Crippen MR) is 84.6 cm³/mol. The summed E-state index contributed by atoms with van der Waals surface area (Å²) in [6.45, 7) is 2.02. The minimum atomic E-state index is -0.743. The first-order valence-electron chi connectivity index (χ1n) is 7.33. The van der Waals surface area contributed by atoms with Crippen LogP contribution >= 0.6 is 0 Å². The van der Waals surface area contributed by atoms with Gasteiger partial charge in [0, 0.05) is 18.2 Å². The third-order valence-corrected chi connectivity index (χ3v) is 4.00. The number of carboxylic acids is 1. The second kappa shape index (κ2) is 5.60. The van der Waals surface area contributed by atoms with Crippen LogP contribution in [0.4, 0.5) is 5.69 Å². The Morgan fingerprint density at radius 2 is 1.95 bits per heavy atom. The zero-order valence-corrected chi connectivity index (χ0v) is 12.1. The van der Waals surface area contributed by atoms with Crippen LogP contribution in [0.2, 0.25) is 0 Å². The molecule has 0 heterocycles. The lowest BCUT2D eigenvalue weighted by Gasteiger charge is -2.15. The van der Waals surface area contributed by atoms with Gasteiger partial charge in [-0.3, -0.25) is 4.79 Å². The average molecular weight is 281 g/mol. The SMILES string of the molecule is CC(CCC(=O)O)Nc1ccc2c(c1)Cc1ccccc1-2. The fraction of sp³-hybridized carbons (Fsp3) is 0.278. The lowest BCUT2D eigenvalue weighted by atomic mass is 10.1. The van der Waals surface area contributed by atoms with E-state index in [2.05, 4.69) is 47.8 Å². The normalized spacial score (nSPS) is 13.4. The highest BCUT2D eigenvalue weighted by molar-refractivity contribution is 5.78. The smallest absolute Gasteiger partial charge is 0.303 e. The quantitative estimate of drug-likeness (QED) is 0.745. The van der Waals surface area contributed by atoms with Crippen LogP contribution in [0.25, 0.3) is 11.1 Å². The molecule has 0 radical (unpaired) electrons. The molecule has 0 fully saturated rings. The van der Waals surface area contributed by atoms with Crippen molar-refractivity contribution in [1.82, 2.24) is 0 Å². The van der Waals surface area contributed by atoms with Gasteiger partial charge in [0.2, 0.25) is 0 Å². The van der Waals surface area contributed by atoms with Gasteiger partial charge in [-0.2, -0.15) is 0 Å². The standard InChI is InChI=1S/C18H19NO2/c1-12(6-9-18(20)21)19-15-7-8-17-14(11-15)10-13-4-2-3-5-16(13)17/h2-5,7-8,11-12,19H,6,9-10H2,1H3,(H,20,21). The van der Waals surface area contributed by atoms with Crippen LogP contribution in [-0.4, -0.2) is 17.1 Å². The second-order valence-electron chi connectivity index (χ2n) is 5.68. The molecule has 2 aromatic carbocycles. The Hall–Kier alpha value is -2.29. The number of fused-ring (bicyclic) bond motifs is 3. The van der Waals surface area contributed by atoms with Crippen molar-refractivity contribution < 1.29 is 9.90 Å². The number of carbonyl (C=O) groups is 1. The molecule has 3 nitrogen and oxygen atoms in total. The molecular weight excluding hydrogens is 262 g/mol. The molecule has 1 unspecified atom stereocenters. The van der Waals surface area contributed by atoms with Crippen molar-refractivity contribution in [3.8, 4) is 11.1 Å². The third kappa shape index (κ3) is 2.92. The summed E-state index contributed by atoms with van der Waals surface area (Å²) in [5, 5.41) is 12.1. The Labute approximate surface area is 124 Å². The molecule has 0 saturated carbocycles. The Bertz CT molecular complexity index is 679. The van der Waals surface area contributed by atoms with Gasteiger partial charge in [0.15, 0.2) is 0 Å². The first kappa shape index (κ1) is 13.7. The number of hydrogen-bond acceptors (Lipinski definition) is 2. The molecule has 1 atom stereocenters. The molecule has 21 heavy (non-hydrogen) atoms. The van der Waals surface area contributed by atoms with Gasteiger partial charge in [-0.15, -0.1) is 0 Å². The van der Waals surface area contributed by atoms with Gasteiger partial charge in [0.1, 0.15) is 0 Å². The summed E-state index contributed by atoms with van der Waals surface area (Å²) >= 11 is 0. The van der Waals surface area contributed by atoms with Gasteiger partial charge in [0.05, 0.1) is 0 Å². The van der Waals surface area contributed by atoms with Crippen molar-refractivity contribution in [3.63, 3.8) is 0 Å². The number of rotatable bonds is 5. The molecule has 108 valence electrons. The van der Waals surface area contributed by atoms with E-state index in [0.717, 1.165) is 12.1 Å². The van der Waals surface area contributed by atoms with E-state index in [4.69, 9.17) is 5.11 Å². The molecular formula is C18H19NO2. The van der Waals surface area contributed by atoms with Crippen LogP contribution in [-0.2, 0) is 11.2 Å². The maximum atomic E-state index is 10.6. The summed E-state index contributed by atoms with van der Waals surface area (Å²) in [6, 6.07) is 15.1. The van der Waals surface area contributed by atoms with Gasteiger partial charge in [0.25, 0.3) is 0 Å². The molecule has 2 N–H and O–H groups in total. The van der Waals surface area contributed by atoms with Crippen molar-refractivity contribution in [2.24, 2.45) is 0 Å². The summed E-state index contributed by atoms with van der Waals surface area (Å²) in [4.78, 5) is 10.6. The van der Waals surface area contributed by atoms with E-state index in [1.54, 1.807) is 0 Å². The van der Waals surface area contributed by atoms with Crippen molar-refractivity contribution in [2.45, 2.75) is 32.2 Å². The molecule has 0 spiro atoms. The van der Waals surface area contributed by atoms with E-state index >= 15 is 0 Å². The summed E-state index contributed by atoms with van der Waals surface area (Å²) in [6.07, 6.45) is 1.81. The van der Waals surface area contributed by atoms with Crippen LogP contribution in [0, 0.1) is 0 Å². The van der Waals surface area contributed by atoms with E-state index in [1.807, 2.05) is 6.92 Å². The number of hydrogen-bond donors (Lipinski definition) is 2. The minimum absolute atomic E-state index is 0.155. The first-order valence-corrected chi connectivity index (χ1v) is 7.33. The molecule has 3 heteroatoms. The lowest BCUT2D eigenvalue weighted by Crippen LogP contribution is -2.16. The Balaban J connectivity index is 1.73. The van der Waals surface area contributed by atoms with Crippen LogP contribution in [0.1, 0.15) is 30.9 Å². The summed E-state index contributed by atoms with van der Waals surface area (Å²) in [5.41, 5.74) is 6.43. The van der Waals surface area contributed by atoms with Crippen molar-refractivity contribution in [3.05, 3.63) is 53.6 Å². The summed E-state index contributed by atoms with van der Waals surface area (Å²) in [7, 11) is 0.